The molecule has 0 aromatic carbocycles. The van der Waals surface area contributed by atoms with Crippen molar-refractivity contribution in [2.24, 2.45) is 5.41 Å². The number of ether oxygens (including phenoxy) is 1. The van der Waals surface area contributed by atoms with E-state index >= 15 is 0 Å². The van der Waals surface area contributed by atoms with Gasteiger partial charge < -0.3 is 15.0 Å². The highest BCUT2D eigenvalue weighted by atomic mass is 16.6. The van der Waals surface area contributed by atoms with Gasteiger partial charge in [-0.05, 0) is 51.8 Å². The number of hydrogen-bond donors (Lipinski definition) is 2. The second kappa shape index (κ2) is 5.55. The zero-order chi connectivity index (χ0) is 17.6. The number of nitrogens with one attached hydrogen (secondary N) is 2. The molecule has 1 fully saturated rings. The Balaban J connectivity index is 2.31. The van der Waals surface area contributed by atoms with E-state index in [4.69, 9.17) is 4.74 Å². The number of allylic oxidation sites excluding steroid dienone is 1. The van der Waals surface area contributed by atoms with Crippen LogP contribution in [0.5, 0.6) is 0 Å². The molecule has 5 nitrogen and oxygen atoms in total. The lowest BCUT2D eigenvalue weighted by atomic mass is 9.91. The number of aromatic nitrogens is 1. The number of aromatic amines is 1. The quantitative estimate of drug-likeness (QED) is 0.820. The summed E-state index contributed by atoms with van der Waals surface area (Å²) in [5.41, 5.74) is 3.08. The third kappa shape index (κ3) is 3.66. The molecule has 1 aromatic rings. The first-order chi connectivity index (χ1) is 10.4. The number of carbonyl (C=O) groups is 2. The first-order valence-electron chi connectivity index (χ1n) is 7.85. The van der Waals surface area contributed by atoms with Gasteiger partial charge in [-0.3, -0.25) is 4.79 Å². The second-order valence-electron chi connectivity index (χ2n) is 7.85. The van der Waals surface area contributed by atoms with Gasteiger partial charge in [-0.25, -0.2) is 4.79 Å². The van der Waals surface area contributed by atoms with Crippen molar-refractivity contribution in [3.8, 4) is 0 Å². The molecule has 2 rings (SSSR count). The number of esters is 1. The minimum Gasteiger partial charge on any atom is -0.455 e. The standard InChI is InChI=1S/C18H26N2O3/c1-10-11(2)14(15(21)23-17(3,4)5)20-13(10)8-12-9-18(6,7)16(22)19-12/h8,20H,9H2,1-7H3,(H,19,22)/b12-8+. The molecule has 2 heterocycles. The Hall–Kier alpha value is -2.04. The molecular formula is C18H26N2O3. The van der Waals surface area contributed by atoms with Crippen LogP contribution in [0.2, 0.25) is 0 Å². The van der Waals surface area contributed by atoms with Gasteiger partial charge in [-0.1, -0.05) is 13.8 Å². The fourth-order valence-corrected chi connectivity index (χ4v) is 2.57. The largest absolute Gasteiger partial charge is 0.455 e. The average Bonchev–Trinajstić information content (AvgIpc) is 2.78. The maximum atomic E-state index is 12.3. The van der Waals surface area contributed by atoms with Gasteiger partial charge in [0, 0.05) is 23.2 Å². The fraction of sp³-hybridized carbons (Fsp3) is 0.556. The van der Waals surface area contributed by atoms with Gasteiger partial charge in [0.25, 0.3) is 0 Å². The van der Waals surface area contributed by atoms with Crippen LogP contribution in [0, 0.1) is 19.3 Å². The van der Waals surface area contributed by atoms with Crippen LogP contribution in [0.3, 0.4) is 0 Å². The minimum absolute atomic E-state index is 0.0250. The molecule has 5 heteroatoms. The van der Waals surface area contributed by atoms with E-state index in [0.29, 0.717) is 12.1 Å². The van der Waals surface area contributed by atoms with Crippen molar-refractivity contribution in [2.45, 2.75) is 60.5 Å². The highest BCUT2D eigenvalue weighted by molar-refractivity contribution is 5.91. The summed E-state index contributed by atoms with van der Waals surface area (Å²) in [5, 5.41) is 2.90. The van der Waals surface area contributed by atoms with Crippen LogP contribution < -0.4 is 5.32 Å². The van der Waals surface area contributed by atoms with Gasteiger partial charge in [0.15, 0.2) is 0 Å². The Bertz CT molecular complexity index is 688. The summed E-state index contributed by atoms with van der Waals surface area (Å²) in [6.07, 6.45) is 2.56. The molecule has 0 spiro atoms. The van der Waals surface area contributed by atoms with Gasteiger partial charge in [0.2, 0.25) is 5.91 Å². The highest BCUT2D eigenvalue weighted by Crippen LogP contribution is 2.32. The average molecular weight is 318 g/mol. The number of H-pyrrole nitrogens is 1. The Labute approximate surface area is 137 Å². The molecule has 1 aromatic heterocycles. The number of carbonyl (C=O) groups excluding carboxylic acids is 2. The smallest absolute Gasteiger partial charge is 0.355 e. The van der Waals surface area contributed by atoms with Crippen LogP contribution >= 0.6 is 0 Å². The van der Waals surface area contributed by atoms with Gasteiger partial charge in [-0.2, -0.15) is 0 Å². The molecule has 2 N–H and O–H groups in total. The van der Waals surface area contributed by atoms with Gasteiger partial charge in [-0.15, -0.1) is 0 Å². The van der Waals surface area contributed by atoms with E-state index in [0.717, 1.165) is 22.5 Å². The molecule has 1 saturated heterocycles. The van der Waals surface area contributed by atoms with Crippen molar-refractivity contribution in [2.75, 3.05) is 0 Å². The number of amides is 1. The Morgan fingerprint density at radius 3 is 2.30 bits per heavy atom. The third-order valence-electron chi connectivity index (χ3n) is 4.04. The van der Waals surface area contributed by atoms with Gasteiger partial charge >= 0.3 is 5.97 Å². The fourth-order valence-electron chi connectivity index (χ4n) is 2.57. The summed E-state index contributed by atoms with van der Waals surface area (Å²) in [6.45, 7) is 13.2. The molecule has 0 saturated carbocycles. The van der Waals surface area contributed by atoms with E-state index in [9.17, 15) is 9.59 Å². The monoisotopic (exact) mass is 318 g/mol. The predicted molar refractivity (Wildman–Crippen MR) is 90.0 cm³/mol. The van der Waals surface area contributed by atoms with Gasteiger partial charge in [0.1, 0.15) is 11.3 Å². The summed E-state index contributed by atoms with van der Waals surface area (Å²) < 4.78 is 5.43. The molecule has 23 heavy (non-hydrogen) atoms. The molecule has 0 atom stereocenters. The summed E-state index contributed by atoms with van der Waals surface area (Å²) in [6, 6.07) is 0. The molecule has 1 amide bonds. The lowest BCUT2D eigenvalue weighted by Gasteiger charge is -2.19. The van der Waals surface area contributed by atoms with Crippen LogP contribution in [0.1, 0.15) is 68.3 Å². The minimum atomic E-state index is -0.537. The Kier molecular flexibility index (Phi) is 4.18. The van der Waals surface area contributed by atoms with E-state index in [1.54, 1.807) is 0 Å². The van der Waals surface area contributed by atoms with E-state index < -0.39 is 11.0 Å². The molecule has 1 aliphatic rings. The molecule has 126 valence electrons. The van der Waals surface area contributed by atoms with E-state index in [-0.39, 0.29) is 11.9 Å². The van der Waals surface area contributed by atoms with E-state index in [1.165, 1.54) is 0 Å². The van der Waals surface area contributed by atoms with Crippen molar-refractivity contribution < 1.29 is 14.3 Å². The van der Waals surface area contributed by atoms with E-state index in [2.05, 4.69) is 10.3 Å². The summed E-state index contributed by atoms with van der Waals surface area (Å²) in [7, 11) is 0. The third-order valence-corrected chi connectivity index (χ3v) is 4.04. The maximum Gasteiger partial charge on any atom is 0.355 e. The summed E-state index contributed by atoms with van der Waals surface area (Å²) in [4.78, 5) is 27.3. The molecule has 0 unspecified atom stereocenters. The number of rotatable bonds is 2. The molecule has 0 radical (unpaired) electrons. The van der Waals surface area contributed by atoms with Crippen LogP contribution in [0.25, 0.3) is 6.08 Å². The summed E-state index contributed by atoms with van der Waals surface area (Å²) in [5.74, 6) is -0.337. The summed E-state index contributed by atoms with van der Waals surface area (Å²) >= 11 is 0. The maximum absolute atomic E-state index is 12.3. The van der Waals surface area contributed by atoms with Crippen LogP contribution in [0.15, 0.2) is 5.70 Å². The first-order valence-corrected chi connectivity index (χ1v) is 7.85. The van der Waals surface area contributed by atoms with Crippen molar-refractivity contribution in [3.05, 3.63) is 28.2 Å². The van der Waals surface area contributed by atoms with Crippen LogP contribution in [0.4, 0.5) is 0 Å². The van der Waals surface area contributed by atoms with Crippen molar-refractivity contribution in [1.29, 1.82) is 0 Å². The Morgan fingerprint density at radius 2 is 1.83 bits per heavy atom. The lowest BCUT2D eigenvalue weighted by Crippen LogP contribution is -2.24. The zero-order valence-electron chi connectivity index (χ0n) is 15.0. The topological polar surface area (TPSA) is 71.2 Å². The molecule has 1 aliphatic heterocycles. The van der Waals surface area contributed by atoms with Crippen molar-refractivity contribution >= 4 is 18.0 Å². The zero-order valence-corrected chi connectivity index (χ0v) is 15.0. The molecule has 0 bridgehead atoms. The van der Waals surface area contributed by atoms with Crippen molar-refractivity contribution in [1.82, 2.24) is 10.3 Å². The predicted octanol–water partition coefficient (Wildman–Crippen LogP) is 3.47. The molecular weight excluding hydrogens is 292 g/mol. The normalized spacial score (nSPS) is 19.1. The van der Waals surface area contributed by atoms with Crippen LogP contribution in [-0.2, 0) is 9.53 Å². The lowest BCUT2D eigenvalue weighted by molar-refractivity contribution is -0.125. The van der Waals surface area contributed by atoms with Crippen molar-refractivity contribution in [3.63, 3.8) is 0 Å². The SMILES string of the molecule is Cc1c(/C=C2\CC(C)(C)C(=O)N2)[nH]c(C(=O)OC(C)(C)C)c1C. The Morgan fingerprint density at radius 1 is 1.22 bits per heavy atom. The van der Waals surface area contributed by atoms with Crippen LogP contribution in [-0.4, -0.2) is 22.5 Å². The second-order valence-corrected chi connectivity index (χ2v) is 7.85. The molecule has 0 aliphatic carbocycles. The highest BCUT2D eigenvalue weighted by Gasteiger charge is 2.35. The first kappa shape index (κ1) is 17.3. The van der Waals surface area contributed by atoms with Gasteiger partial charge in [0.05, 0.1) is 0 Å². The van der Waals surface area contributed by atoms with E-state index in [1.807, 2.05) is 54.5 Å². The number of hydrogen-bond acceptors (Lipinski definition) is 3.